The molecule has 18 heavy (non-hydrogen) atoms. The van der Waals surface area contributed by atoms with E-state index in [9.17, 15) is 0 Å². The summed E-state index contributed by atoms with van der Waals surface area (Å²) in [6.07, 6.45) is 0.956. The van der Waals surface area contributed by atoms with E-state index in [1.807, 2.05) is 6.92 Å². The first kappa shape index (κ1) is 11.3. The quantitative estimate of drug-likeness (QED) is 0.686. The Kier molecular flexibility index (Phi) is 3.03. The highest BCUT2D eigenvalue weighted by atomic mass is 16.5. The van der Waals surface area contributed by atoms with Crippen molar-refractivity contribution in [2.24, 2.45) is 0 Å². The van der Waals surface area contributed by atoms with Crippen LogP contribution in [0.2, 0.25) is 0 Å². The van der Waals surface area contributed by atoms with Crippen molar-refractivity contribution in [3.63, 3.8) is 0 Å². The number of rotatable bonds is 4. The Morgan fingerprint density at radius 1 is 1.00 bits per heavy atom. The van der Waals surface area contributed by atoms with Crippen LogP contribution in [-0.4, -0.2) is 18.2 Å². The van der Waals surface area contributed by atoms with Gasteiger partial charge in [0.05, 0.1) is 6.61 Å². The lowest BCUT2D eigenvalue weighted by Crippen LogP contribution is -1.98. The smallest absolute Gasteiger partial charge is 0.0507 e. The molecule has 0 amide bonds. The van der Waals surface area contributed by atoms with E-state index in [-0.39, 0.29) is 0 Å². The Balaban J connectivity index is 2.09. The van der Waals surface area contributed by atoms with Gasteiger partial charge in [-0.05, 0) is 25.0 Å². The van der Waals surface area contributed by atoms with Crippen LogP contribution in [0.15, 0.2) is 42.5 Å². The first-order valence-electron chi connectivity index (χ1n) is 6.46. The Morgan fingerprint density at radius 3 is 2.72 bits per heavy atom. The summed E-state index contributed by atoms with van der Waals surface area (Å²) in [5, 5.41) is 2.60. The topological polar surface area (TPSA) is 25.0 Å². The van der Waals surface area contributed by atoms with Crippen molar-refractivity contribution in [2.75, 3.05) is 13.2 Å². The van der Waals surface area contributed by atoms with Gasteiger partial charge in [0.15, 0.2) is 0 Å². The number of ether oxygens (including phenoxy) is 1. The van der Waals surface area contributed by atoms with Crippen LogP contribution in [0.25, 0.3) is 21.8 Å². The van der Waals surface area contributed by atoms with E-state index in [2.05, 4.69) is 47.4 Å². The van der Waals surface area contributed by atoms with Crippen molar-refractivity contribution in [3.8, 4) is 0 Å². The molecule has 2 nitrogen and oxygen atoms in total. The van der Waals surface area contributed by atoms with Crippen molar-refractivity contribution in [1.29, 1.82) is 0 Å². The summed E-state index contributed by atoms with van der Waals surface area (Å²) >= 11 is 0. The van der Waals surface area contributed by atoms with Crippen LogP contribution >= 0.6 is 0 Å². The normalized spacial score (nSPS) is 11.4. The van der Waals surface area contributed by atoms with E-state index >= 15 is 0 Å². The molecule has 0 unspecified atom stereocenters. The standard InChI is InChI=1S/C16H17NO/c1-2-18-11-10-12-6-5-8-14-13-7-3-4-9-15(13)17-16(12)14/h3-9,17H,2,10-11H2,1H3. The summed E-state index contributed by atoms with van der Waals surface area (Å²) in [7, 11) is 0. The van der Waals surface area contributed by atoms with E-state index in [4.69, 9.17) is 4.74 Å². The lowest BCUT2D eigenvalue weighted by atomic mass is 10.1. The van der Waals surface area contributed by atoms with Crippen molar-refractivity contribution < 1.29 is 4.74 Å². The van der Waals surface area contributed by atoms with Crippen LogP contribution in [0.5, 0.6) is 0 Å². The highest BCUT2D eigenvalue weighted by Gasteiger charge is 2.06. The average molecular weight is 239 g/mol. The maximum Gasteiger partial charge on any atom is 0.0507 e. The molecule has 3 aromatic rings. The van der Waals surface area contributed by atoms with Gasteiger partial charge in [-0.2, -0.15) is 0 Å². The zero-order valence-corrected chi connectivity index (χ0v) is 10.6. The molecule has 0 fully saturated rings. The molecule has 3 rings (SSSR count). The third-order valence-corrected chi connectivity index (χ3v) is 3.35. The van der Waals surface area contributed by atoms with Crippen molar-refractivity contribution in [1.82, 2.24) is 4.98 Å². The number of hydrogen-bond acceptors (Lipinski definition) is 1. The fourth-order valence-electron chi connectivity index (χ4n) is 2.47. The average Bonchev–Trinajstić information content (AvgIpc) is 2.79. The summed E-state index contributed by atoms with van der Waals surface area (Å²) in [6.45, 7) is 3.59. The number of H-pyrrole nitrogens is 1. The maximum atomic E-state index is 5.45. The minimum absolute atomic E-state index is 0.780. The minimum atomic E-state index is 0.780. The van der Waals surface area contributed by atoms with Crippen LogP contribution in [0.4, 0.5) is 0 Å². The molecule has 0 spiro atoms. The van der Waals surface area contributed by atoms with E-state index < -0.39 is 0 Å². The molecular weight excluding hydrogens is 222 g/mol. The van der Waals surface area contributed by atoms with Gasteiger partial charge in [-0.1, -0.05) is 36.4 Å². The molecule has 2 aromatic carbocycles. The van der Waals surface area contributed by atoms with Gasteiger partial charge >= 0.3 is 0 Å². The zero-order valence-electron chi connectivity index (χ0n) is 10.6. The molecular formula is C16H17NO. The van der Waals surface area contributed by atoms with Gasteiger partial charge in [-0.25, -0.2) is 0 Å². The van der Waals surface area contributed by atoms with Gasteiger partial charge in [0, 0.05) is 28.4 Å². The third kappa shape index (κ3) is 1.89. The van der Waals surface area contributed by atoms with Gasteiger partial charge < -0.3 is 9.72 Å². The Morgan fingerprint density at radius 2 is 1.83 bits per heavy atom. The number of aromatic amines is 1. The van der Waals surface area contributed by atoms with Gasteiger partial charge in [-0.3, -0.25) is 0 Å². The van der Waals surface area contributed by atoms with Crippen molar-refractivity contribution in [3.05, 3.63) is 48.0 Å². The molecule has 92 valence electrons. The van der Waals surface area contributed by atoms with Crippen LogP contribution in [0.3, 0.4) is 0 Å². The Hall–Kier alpha value is -1.80. The van der Waals surface area contributed by atoms with Crippen LogP contribution in [-0.2, 0) is 11.2 Å². The summed E-state index contributed by atoms with van der Waals surface area (Å²) < 4.78 is 5.45. The molecule has 0 radical (unpaired) electrons. The van der Waals surface area contributed by atoms with E-state index in [1.165, 1.54) is 27.4 Å². The predicted octanol–water partition coefficient (Wildman–Crippen LogP) is 3.90. The first-order valence-corrected chi connectivity index (χ1v) is 6.46. The number of para-hydroxylation sites is 2. The molecule has 0 aliphatic heterocycles. The molecule has 0 saturated heterocycles. The van der Waals surface area contributed by atoms with Crippen molar-refractivity contribution >= 4 is 21.8 Å². The summed E-state index contributed by atoms with van der Waals surface area (Å²) in [5.74, 6) is 0. The lowest BCUT2D eigenvalue weighted by Gasteiger charge is -2.03. The molecule has 0 aliphatic carbocycles. The second-order valence-electron chi connectivity index (χ2n) is 4.46. The number of nitrogens with one attached hydrogen (secondary N) is 1. The van der Waals surface area contributed by atoms with Gasteiger partial charge in [0.2, 0.25) is 0 Å². The molecule has 0 saturated carbocycles. The largest absolute Gasteiger partial charge is 0.381 e. The van der Waals surface area contributed by atoms with Crippen LogP contribution in [0.1, 0.15) is 12.5 Å². The molecule has 1 heterocycles. The van der Waals surface area contributed by atoms with E-state index in [0.29, 0.717) is 0 Å². The van der Waals surface area contributed by atoms with Crippen molar-refractivity contribution in [2.45, 2.75) is 13.3 Å². The Labute approximate surface area is 107 Å². The summed E-state index contributed by atoms with van der Waals surface area (Å²) in [5.41, 5.74) is 3.78. The number of benzene rings is 2. The SMILES string of the molecule is CCOCCc1cccc2c1[nH]c1ccccc12. The first-order chi connectivity index (χ1) is 8.90. The minimum Gasteiger partial charge on any atom is -0.381 e. The monoisotopic (exact) mass is 239 g/mol. The van der Waals surface area contributed by atoms with Gasteiger partial charge in [0.25, 0.3) is 0 Å². The second-order valence-corrected chi connectivity index (χ2v) is 4.46. The second kappa shape index (κ2) is 4.83. The summed E-state index contributed by atoms with van der Waals surface area (Å²) in [6, 6.07) is 14.9. The van der Waals surface area contributed by atoms with Gasteiger partial charge in [-0.15, -0.1) is 0 Å². The number of aromatic nitrogens is 1. The zero-order chi connectivity index (χ0) is 12.4. The predicted molar refractivity (Wildman–Crippen MR) is 76.0 cm³/mol. The maximum absolute atomic E-state index is 5.45. The third-order valence-electron chi connectivity index (χ3n) is 3.35. The molecule has 2 heteroatoms. The fraction of sp³-hybridized carbons (Fsp3) is 0.250. The molecule has 0 aliphatic rings. The highest BCUT2D eigenvalue weighted by Crippen LogP contribution is 2.27. The highest BCUT2D eigenvalue weighted by molar-refractivity contribution is 6.08. The van der Waals surface area contributed by atoms with E-state index in [0.717, 1.165) is 19.6 Å². The number of hydrogen-bond donors (Lipinski definition) is 1. The summed E-state index contributed by atoms with van der Waals surface area (Å²) in [4.78, 5) is 3.52. The van der Waals surface area contributed by atoms with E-state index in [1.54, 1.807) is 0 Å². The molecule has 1 N–H and O–H groups in total. The van der Waals surface area contributed by atoms with Crippen LogP contribution in [0, 0.1) is 0 Å². The number of fused-ring (bicyclic) bond motifs is 3. The fourth-order valence-corrected chi connectivity index (χ4v) is 2.47. The molecule has 1 aromatic heterocycles. The van der Waals surface area contributed by atoms with Crippen LogP contribution < -0.4 is 0 Å². The lowest BCUT2D eigenvalue weighted by molar-refractivity contribution is 0.151. The molecule has 0 atom stereocenters. The molecule has 0 bridgehead atoms. The van der Waals surface area contributed by atoms with Gasteiger partial charge in [0.1, 0.15) is 0 Å². The Bertz CT molecular complexity index is 669.